The van der Waals surface area contributed by atoms with Crippen molar-refractivity contribution in [1.29, 1.82) is 0 Å². The highest BCUT2D eigenvalue weighted by Gasteiger charge is 2.59. The van der Waals surface area contributed by atoms with E-state index in [1.807, 2.05) is 6.92 Å². The molecule has 1 aliphatic heterocycles. The molecule has 1 aromatic rings. The number of ether oxygens (including phenoxy) is 1. The average molecular weight is 204 g/mol. The molecule has 1 aromatic carbocycles. The molecule has 3 atom stereocenters. The lowest BCUT2D eigenvalue weighted by Gasteiger charge is -2.18. The maximum absolute atomic E-state index is 9.81. The van der Waals surface area contributed by atoms with Gasteiger partial charge in [0.25, 0.3) is 0 Å². The van der Waals surface area contributed by atoms with Gasteiger partial charge in [-0.05, 0) is 37.0 Å². The molecule has 1 aliphatic carbocycles. The lowest BCUT2D eigenvalue weighted by Crippen LogP contribution is -2.27. The first-order valence-corrected chi connectivity index (χ1v) is 5.56. The minimum atomic E-state index is -0.292. The standard InChI is InChI=1S/C13H16O2/c1-8-4-3-5-11-10(8)6-12(9(2)14)13(11)7-15-13/h3-5,9,12,14H,6-7H2,1-2H3. The number of hydrogen-bond acceptors (Lipinski definition) is 2. The number of aliphatic hydroxyl groups excluding tert-OH is 1. The zero-order chi connectivity index (χ0) is 10.6. The van der Waals surface area contributed by atoms with E-state index in [2.05, 4.69) is 25.1 Å². The van der Waals surface area contributed by atoms with Crippen LogP contribution in [0.2, 0.25) is 0 Å². The van der Waals surface area contributed by atoms with Gasteiger partial charge in [-0.25, -0.2) is 0 Å². The van der Waals surface area contributed by atoms with Crippen molar-refractivity contribution >= 4 is 0 Å². The van der Waals surface area contributed by atoms with E-state index >= 15 is 0 Å². The third kappa shape index (κ3) is 1.12. The van der Waals surface area contributed by atoms with Gasteiger partial charge in [0, 0.05) is 5.92 Å². The molecule has 3 rings (SSSR count). The van der Waals surface area contributed by atoms with Gasteiger partial charge in [0.1, 0.15) is 5.60 Å². The van der Waals surface area contributed by atoms with Crippen molar-refractivity contribution < 1.29 is 9.84 Å². The Labute approximate surface area is 89.9 Å². The van der Waals surface area contributed by atoms with Crippen LogP contribution in [-0.2, 0) is 16.8 Å². The van der Waals surface area contributed by atoms with E-state index in [1.54, 1.807) is 0 Å². The molecule has 2 heteroatoms. The molecule has 0 radical (unpaired) electrons. The molecule has 0 aromatic heterocycles. The Balaban J connectivity index is 2.11. The van der Waals surface area contributed by atoms with Gasteiger partial charge in [-0.2, -0.15) is 0 Å². The Hall–Kier alpha value is -0.860. The number of aryl methyl sites for hydroxylation is 1. The number of benzene rings is 1. The molecule has 0 amide bonds. The Morgan fingerprint density at radius 3 is 2.87 bits per heavy atom. The van der Waals surface area contributed by atoms with Gasteiger partial charge in [-0.15, -0.1) is 0 Å². The Kier molecular flexibility index (Phi) is 1.77. The average Bonchev–Trinajstić information content (AvgIpc) is 2.87. The topological polar surface area (TPSA) is 32.8 Å². The van der Waals surface area contributed by atoms with Gasteiger partial charge in [0.05, 0.1) is 12.7 Å². The first-order chi connectivity index (χ1) is 7.15. The van der Waals surface area contributed by atoms with Crippen molar-refractivity contribution in [2.24, 2.45) is 5.92 Å². The highest BCUT2D eigenvalue weighted by atomic mass is 16.6. The van der Waals surface area contributed by atoms with Crippen LogP contribution in [0.4, 0.5) is 0 Å². The van der Waals surface area contributed by atoms with Crippen LogP contribution in [0.3, 0.4) is 0 Å². The van der Waals surface area contributed by atoms with E-state index in [9.17, 15) is 5.11 Å². The molecule has 1 N–H and O–H groups in total. The maximum atomic E-state index is 9.81. The molecular formula is C13H16O2. The molecule has 0 bridgehead atoms. The number of hydrogen-bond donors (Lipinski definition) is 1. The zero-order valence-electron chi connectivity index (χ0n) is 9.16. The molecule has 2 nitrogen and oxygen atoms in total. The van der Waals surface area contributed by atoms with Gasteiger partial charge >= 0.3 is 0 Å². The molecule has 15 heavy (non-hydrogen) atoms. The van der Waals surface area contributed by atoms with E-state index in [0.29, 0.717) is 0 Å². The minimum absolute atomic E-state index is 0.143. The van der Waals surface area contributed by atoms with Crippen LogP contribution in [0.15, 0.2) is 18.2 Å². The molecular weight excluding hydrogens is 188 g/mol. The highest BCUT2D eigenvalue weighted by molar-refractivity contribution is 5.46. The van der Waals surface area contributed by atoms with Gasteiger partial charge in [-0.3, -0.25) is 0 Å². The van der Waals surface area contributed by atoms with E-state index < -0.39 is 0 Å². The van der Waals surface area contributed by atoms with Crippen LogP contribution in [0, 0.1) is 12.8 Å². The van der Waals surface area contributed by atoms with Crippen LogP contribution in [-0.4, -0.2) is 17.8 Å². The second-order valence-electron chi connectivity index (χ2n) is 4.83. The predicted molar refractivity (Wildman–Crippen MR) is 57.7 cm³/mol. The van der Waals surface area contributed by atoms with Gasteiger partial charge < -0.3 is 9.84 Å². The monoisotopic (exact) mass is 204 g/mol. The molecule has 80 valence electrons. The highest BCUT2D eigenvalue weighted by Crippen LogP contribution is 2.54. The summed E-state index contributed by atoms with van der Waals surface area (Å²) in [4.78, 5) is 0. The van der Waals surface area contributed by atoms with Crippen molar-refractivity contribution in [2.75, 3.05) is 6.61 Å². The zero-order valence-corrected chi connectivity index (χ0v) is 9.16. The summed E-state index contributed by atoms with van der Waals surface area (Å²) in [6.07, 6.45) is 0.666. The first kappa shape index (κ1) is 9.37. The SMILES string of the molecule is Cc1cccc2c1CC(C(C)O)C21CO1. The number of epoxide rings is 1. The van der Waals surface area contributed by atoms with Crippen molar-refractivity contribution in [3.63, 3.8) is 0 Å². The smallest absolute Gasteiger partial charge is 0.122 e. The number of rotatable bonds is 1. The van der Waals surface area contributed by atoms with Gasteiger partial charge in [0.15, 0.2) is 0 Å². The van der Waals surface area contributed by atoms with Gasteiger partial charge in [-0.1, -0.05) is 18.2 Å². The number of aliphatic hydroxyl groups is 1. The summed E-state index contributed by atoms with van der Waals surface area (Å²) in [7, 11) is 0. The normalized spacial score (nSPS) is 34.2. The summed E-state index contributed by atoms with van der Waals surface area (Å²) in [5, 5.41) is 9.81. The molecule has 1 heterocycles. The summed E-state index contributed by atoms with van der Waals surface area (Å²) in [6, 6.07) is 6.37. The quantitative estimate of drug-likeness (QED) is 0.707. The number of fused-ring (bicyclic) bond motifs is 2. The van der Waals surface area contributed by atoms with Crippen LogP contribution in [0.25, 0.3) is 0 Å². The van der Waals surface area contributed by atoms with E-state index in [-0.39, 0.29) is 17.6 Å². The van der Waals surface area contributed by atoms with Gasteiger partial charge in [0.2, 0.25) is 0 Å². The van der Waals surface area contributed by atoms with Crippen molar-refractivity contribution in [2.45, 2.75) is 32.0 Å². The molecule has 1 saturated heterocycles. The largest absolute Gasteiger partial charge is 0.393 e. The summed E-state index contributed by atoms with van der Waals surface area (Å²) >= 11 is 0. The molecule has 1 fully saturated rings. The van der Waals surface area contributed by atoms with E-state index in [1.165, 1.54) is 16.7 Å². The van der Waals surface area contributed by atoms with Crippen molar-refractivity contribution in [1.82, 2.24) is 0 Å². The lowest BCUT2D eigenvalue weighted by atomic mass is 9.89. The third-order valence-corrected chi connectivity index (χ3v) is 3.93. The second-order valence-corrected chi connectivity index (χ2v) is 4.83. The molecule has 1 spiro atoms. The second kappa shape index (κ2) is 2.83. The summed E-state index contributed by atoms with van der Waals surface area (Å²) in [5.74, 6) is 0.244. The minimum Gasteiger partial charge on any atom is -0.393 e. The molecule has 3 unspecified atom stereocenters. The van der Waals surface area contributed by atoms with Crippen LogP contribution in [0.5, 0.6) is 0 Å². The first-order valence-electron chi connectivity index (χ1n) is 5.56. The lowest BCUT2D eigenvalue weighted by molar-refractivity contribution is 0.0751. The molecule has 2 aliphatic rings. The van der Waals surface area contributed by atoms with Crippen LogP contribution >= 0.6 is 0 Å². The van der Waals surface area contributed by atoms with Crippen molar-refractivity contribution in [3.8, 4) is 0 Å². The summed E-state index contributed by atoms with van der Waals surface area (Å²) in [5.41, 5.74) is 3.88. The predicted octanol–water partition coefficient (Wildman–Crippen LogP) is 1.77. The maximum Gasteiger partial charge on any atom is 0.122 e. The Morgan fingerprint density at radius 2 is 2.27 bits per heavy atom. The van der Waals surface area contributed by atoms with E-state index in [4.69, 9.17) is 4.74 Å². The fraction of sp³-hybridized carbons (Fsp3) is 0.538. The fourth-order valence-corrected chi connectivity index (χ4v) is 2.96. The summed E-state index contributed by atoms with van der Waals surface area (Å²) < 4.78 is 5.65. The van der Waals surface area contributed by atoms with Crippen LogP contribution < -0.4 is 0 Å². The van der Waals surface area contributed by atoms with E-state index in [0.717, 1.165) is 13.0 Å². The fourth-order valence-electron chi connectivity index (χ4n) is 2.96. The molecule has 0 saturated carbocycles. The summed E-state index contributed by atoms with van der Waals surface area (Å²) in [6.45, 7) is 4.79. The Morgan fingerprint density at radius 1 is 1.53 bits per heavy atom. The van der Waals surface area contributed by atoms with Crippen LogP contribution in [0.1, 0.15) is 23.6 Å². The third-order valence-electron chi connectivity index (χ3n) is 3.93. The van der Waals surface area contributed by atoms with Crippen molar-refractivity contribution in [3.05, 3.63) is 34.9 Å². The Bertz CT molecular complexity index is 405.